The van der Waals surface area contributed by atoms with E-state index in [-0.39, 0.29) is 11.9 Å². The number of nitrogens with one attached hydrogen (secondary N) is 1. The Labute approximate surface area is 154 Å². The summed E-state index contributed by atoms with van der Waals surface area (Å²) in [6.45, 7) is 2.37. The van der Waals surface area contributed by atoms with Gasteiger partial charge in [0.15, 0.2) is 0 Å². The number of fused-ring (bicyclic) bond motifs is 2. The molecule has 0 radical (unpaired) electrons. The fourth-order valence-electron chi connectivity index (χ4n) is 4.67. The van der Waals surface area contributed by atoms with E-state index in [9.17, 15) is 4.79 Å². The standard InChI is InChI=1S/C21H26N4O/c1-24-12-16-6-3-2-5-15(16)11-19(24)21(26)25-10-9-18-17(13-25)20(23-22-18)14-7-4-8-14/h2-3,5-6,14,19H,4,7-13H2,1H3,(H,22,23)/t19-/m0/s1. The van der Waals surface area contributed by atoms with E-state index in [4.69, 9.17) is 0 Å². The van der Waals surface area contributed by atoms with Crippen molar-refractivity contribution in [3.05, 3.63) is 52.3 Å². The molecule has 26 heavy (non-hydrogen) atoms. The monoisotopic (exact) mass is 350 g/mol. The Morgan fingerprint density at radius 1 is 1.19 bits per heavy atom. The van der Waals surface area contributed by atoms with Crippen molar-refractivity contribution in [2.24, 2.45) is 0 Å². The number of rotatable bonds is 2. The Morgan fingerprint density at radius 3 is 2.77 bits per heavy atom. The van der Waals surface area contributed by atoms with Crippen LogP contribution in [0.1, 0.15) is 53.3 Å². The molecular weight excluding hydrogens is 324 g/mol. The van der Waals surface area contributed by atoms with E-state index in [1.165, 1.54) is 47.3 Å². The van der Waals surface area contributed by atoms with Gasteiger partial charge >= 0.3 is 0 Å². The highest BCUT2D eigenvalue weighted by Gasteiger charge is 2.35. The molecule has 2 aromatic rings. The number of nitrogens with zero attached hydrogens (tertiary/aromatic N) is 3. The largest absolute Gasteiger partial charge is 0.336 e. The van der Waals surface area contributed by atoms with Gasteiger partial charge in [-0.2, -0.15) is 5.10 Å². The first kappa shape index (κ1) is 16.1. The van der Waals surface area contributed by atoms with Crippen LogP contribution in [0.15, 0.2) is 24.3 Å². The lowest BCUT2D eigenvalue weighted by Gasteiger charge is -2.38. The number of hydrogen-bond acceptors (Lipinski definition) is 3. The van der Waals surface area contributed by atoms with Gasteiger partial charge in [-0.1, -0.05) is 30.7 Å². The molecule has 136 valence electrons. The van der Waals surface area contributed by atoms with Crippen molar-refractivity contribution < 1.29 is 4.79 Å². The normalized spacial score (nSPS) is 23.3. The number of hydrogen-bond donors (Lipinski definition) is 1. The van der Waals surface area contributed by atoms with E-state index in [1.807, 2.05) is 0 Å². The summed E-state index contributed by atoms with van der Waals surface area (Å²) in [5, 5.41) is 7.84. The predicted octanol–water partition coefficient (Wildman–Crippen LogP) is 2.62. The van der Waals surface area contributed by atoms with Crippen LogP contribution in [-0.2, 0) is 30.7 Å². The minimum absolute atomic E-state index is 0.0505. The van der Waals surface area contributed by atoms with E-state index in [2.05, 4.69) is 51.3 Å². The second kappa shape index (κ2) is 6.23. The van der Waals surface area contributed by atoms with Crippen LogP contribution in [0.25, 0.3) is 0 Å². The molecule has 1 fully saturated rings. The van der Waals surface area contributed by atoms with E-state index < -0.39 is 0 Å². The van der Waals surface area contributed by atoms with E-state index >= 15 is 0 Å². The molecule has 0 bridgehead atoms. The maximum Gasteiger partial charge on any atom is 0.240 e. The third-order valence-electron chi connectivity index (χ3n) is 6.54. The van der Waals surface area contributed by atoms with Gasteiger partial charge in [0, 0.05) is 43.2 Å². The van der Waals surface area contributed by atoms with Crippen LogP contribution >= 0.6 is 0 Å². The van der Waals surface area contributed by atoms with Crippen molar-refractivity contribution in [3.8, 4) is 0 Å². The Balaban J connectivity index is 1.36. The van der Waals surface area contributed by atoms with Crippen LogP contribution in [0.2, 0.25) is 0 Å². The average molecular weight is 350 g/mol. The van der Waals surface area contributed by atoms with Gasteiger partial charge in [-0.05, 0) is 37.4 Å². The lowest BCUT2D eigenvalue weighted by molar-refractivity contribution is -0.138. The molecule has 3 aliphatic rings. The summed E-state index contributed by atoms with van der Waals surface area (Å²) in [7, 11) is 2.07. The number of carbonyl (C=O) groups excluding carboxylic acids is 1. The molecular formula is C21H26N4O. The summed E-state index contributed by atoms with van der Waals surface area (Å²) in [5.41, 5.74) is 6.44. The fraction of sp³-hybridized carbons (Fsp3) is 0.524. The van der Waals surface area contributed by atoms with Crippen molar-refractivity contribution >= 4 is 5.91 Å². The Bertz CT molecular complexity index is 838. The van der Waals surface area contributed by atoms with Crippen molar-refractivity contribution in [2.75, 3.05) is 13.6 Å². The Kier molecular flexibility index (Phi) is 3.85. The third-order valence-corrected chi connectivity index (χ3v) is 6.54. The van der Waals surface area contributed by atoms with Gasteiger partial charge in [-0.15, -0.1) is 0 Å². The smallest absolute Gasteiger partial charge is 0.240 e. The molecule has 0 unspecified atom stereocenters. The third kappa shape index (κ3) is 2.57. The number of likely N-dealkylation sites (N-methyl/N-ethyl adjacent to an activating group) is 1. The number of carbonyl (C=O) groups is 1. The molecule has 2 aliphatic heterocycles. The second-order valence-corrected chi connectivity index (χ2v) is 8.11. The van der Waals surface area contributed by atoms with Crippen molar-refractivity contribution in [3.63, 3.8) is 0 Å². The zero-order valence-electron chi connectivity index (χ0n) is 15.4. The lowest BCUT2D eigenvalue weighted by Crippen LogP contribution is -2.51. The van der Waals surface area contributed by atoms with Crippen molar-refractivity contribution in [1.29, 1.82) is 0 Å². The maximum atomic E-state index is 13.3. The van der Waals surface area contributed by atoms with E-state index in [0.29, 0.717) is 5.92 Å². The molecule has 5 heteroatoms. The second-order valence-electron chi connectivity index (χ2n) is 8.11. The molecule has 1 atom stereocenters. The fourth-order valence-corrected chi connectivity index (χ4v) is 4.67. The summed E-state index contributed by atoms with van der Waals surface area (Å²) in [4.78, 5) is 17.6. The first-order valence-corrected chi connectivity index (χ1v) is 9.82. The molecule has 1 aliphatic carbocycles. The molecule has 3 heterocycles. The van der Waals surface area contributed by atoms with Crippen LogP contribution in [-0.4, -0.2) is 45.5 Å². The molecule has 1 amide bonds. The van der Waals surface area contributed by atoms with Crippen molar-refractivity contribution in [1.82, 2.24) is 20.0 Å². The average Bonchev–Trinajstić information content (AvgIpc) is 3.02. The van der Waals surface area contributed by atoms with Crippen LogP contribution in [0.4, 0.5) is 0 Å². The minimum atomic E-state index is -0.0505. The minimum Gasteiger partial charge on any atom is -0.336 e. The zero-order valence-corrected chi connectivity index (χ0v) is 15.4. The number of aromatic nitrogens is 2. The zero-order chi connectivity index (χ0) is 17.7. The topological polar surface area (TPSA) is 52.2 Å². The number of H-pyrrole nitrogens is 1. The van der Waals surface area contributed by atoms with Crippen LogP contribution < -0.4 is 0 Å². The van der Waals surface area contributed by atoms with Gasteiger partial charge in [0.25, 0.3) is 0 Å². The first-order valence-electron chi connectivity index (χ1n) is 9.82. The van der Waals surface area contributed by atoms with E-state index in [1.54, 1.807) is 0 Å². The quantitative estimate of drug-likeness (QED) is 0.906. The highest BCUT2D eigenvalue weighted by molar-refractivity contribution is 5.83. The molecule has 5 nitrogen and oxygen atoms in total. The highest BCUT2D eigenvalue weighted by Crippen LogP contribution is 2.39. The summed E-state index contributed by atoms with van der Waals surface area (Å²) in [6.07, 6.45) is 5.51. The van der Waals surface area contributed by atoms with E-state index in [0.717, 1.165) is 32.5 Å². The first-order chi connectivity index (χ1) is 12.7. The molecule has 0 saturated heterocycles. The molecule has 1 aromatic carbocycles. The molecule has 1 saturated carbocycles. The van der Waals surface area contributed by atoms with Gasteiger partial charge in [-0.25, -0.2) is 0 Å². The van der Waals surface area contributed by atoms with Crippen LogP contribution in [0.5, 0.6) is 0 Å². The van der Waals surface area contributed by atoms with Gasteiger partial charge in [-0.3, -0.25) is 14.8 Å². The Hall–Kier alpha value is -2.14. The molecule has 0 spiro atoms. The lowest BCUT2D eigenvalue weighted by atomic mass is 9.80. The van der Waals surface area contributed by atoms with Crippen LogP contribution in [0, 0.1) is 0 Å². The molecule has 1 aromatic heterocycles. The summed E-state index contributed by atoms with van der Waals surface area (Å²) >= 11 is 0. The highest BCUT2D eigenvalue weighted by atomic mass is 16.2. The Morgan fingerprint density at radius 2 is 2.00 bits per heavy atom. The summed E-state index contributed by atoms with van der Waals surface area (Å²) < 4.78 is 0. The van der Waals surface area contributed by atoms with Gasteiger partial charge in [0.2, 0.25) is 5.91 Å². The molecule has 1 N–H and O–H groups in total. The predicted molar refractivity (Wildman–Crippen MR) is 99.7 cm³/mol. The number of aromatic amines is 1. The van der Waals surface area contributed by atoms with Crippen LogP contribution in [0.3, 0.4) is 0 Å². The number of benzene rings is 1. The molecule has 5 rings (SSSR count). The van der Waals surface area contributed by atoms with Gasteiger partial charge in [0.05, 0.1) is 11.7 Å². The number of amides is 1. The SMILES string of the molecule is CN1Cc2ccccc2C[C@H]1C(=O)N1CCc2[nH]nc(C3CCC3)c2C1. The summed E-state index contributed by atoms with van der Waals surface area (Å²) in [6, 6.07) is 8.46. The van der Waals surface area contributed by atoms with Gasteiger partial charge < -0.3 is 4.90 Å². The van der Waals surface area contributed by atoms with Gasteiger partial charge in [0.1, 0.15) is 0 Å². The summed E-state index contributed by atoms with van der Waals surface area (Å²) in [5.74, 6) is 0.877. The maximum absolute atomic E-state index is 13.3. The van der Waals surface area contributed by atoms with Crippen molar-refractivity contribution in [2.45, 2.75) is 57.2 Å².